The molecule has 102 valence electrons. The van der Waals surface area contributed by atoms with Crippen molar-refractivity contribution in [1.82, 2.24) is 0 Å². The third-order valence-electron chi connectivity index (χ3n) is 2.20. The maximum Gasteiger partial charge on any atom is 0.418 e. The van der Waals surface area contributed by atoms with Crippen LogP contribution in [-0.4, -0.2) is 54.7 Å². The number of hydrogen-bond acceptors (Lipinski definition) is 7. The summed E-state index contributed by atoms with van der Waals surface area (Å²) >= 11 is 0. The zero-order valence-electron chi connectivity index (χ0n) is 10.2. The Bertz CT molecular complexity index is 361. The molecule has 1 heterocycles. The van der Waals surface area contributed by atoms with Crippen LogP contribution in [0, 0.1) is 0 Å². The van der Waals surface area contributed by atoms with E-state index in [1.165, 1.54) is 0 Å². The minimum Gasteiger partial charge on any atom is -0.478 e. The highest BCUT2D eigenvalue weighted by Crippen LogP contribution is 2.25. The average Bonchev–Trinajstić information content (AvgIpc) is 2.64. The topological polar surface area (TPSA) is 108 Å². The number of ether oxygens (including phenoxy) is 4. The van der Waals surface area contributed by atoms with Gasteiger partial charge in [0.05, 0.1) is 13.7 Å². The monoisotopic (exact) mass is 262 g/mol. The highest BCUT2D eigenvalue weighted by molar-refractivity contribution is 6.29. The van der Waals surface area contributed by atoms with Crippen LogP contribution in [0.4, 0.5) is 0 Å². The van der Waals surface area contributed by atoms with Crippen molar-refractivity contribution in [2.45, 2.75) is 31.8 Å². The number of carbonyl (C=O) groups excluding carboxylic acids is 2. The second-order valence-electron chi connectivity index (χ2n) is 4.02. The number of esters is 2. The van der Waals surface area contributed by atoms with E-state index in [2.05, 4.69) is 9.47 Å². The van der Waals surface area contributed by atoms with E-state index in [9.17, 15) is 14.4 Å². The van der Waals surface area contributed by atoms with Gasteiger partial charge in [-0.05, 0) is 13.8 Å². The number of carboxylic acid groups (broad SMARTS) is 1. The van der Waals surface area contributed by atoms with Gasteiger partial charge in [-0.2, -0.15) is 0 Å². The van der Waals surface area contributed by atoms with Crippen LogP contribution in [0.1, 0.15) is 13.8 Å². The fraction of sp³-hybridized carbons (Fsp3) is 0.700. The maximum absolute atomic E-state index is 11.2. The third kappa shape index (κ3) is 3.41. The molecular formula is C10H14O8. The van der Waals surface area contributed by atoms with Gasteiger partial charge < -0.3 is 24.1 Å². The number of aliphatic carboxylic acids is 1. The van der Waals surface area contributed by atoms with Crippen LogP contribution in [0.15, 0.2) is 0 Å². The van der Waals surface area contributed by atoms with Crippen molar-refractivity contribution in [1.29, 1.82) is 0 Å². The van der Waals surface area contributed by atoms with Gasteiger partial charge in [-0.25, -0.2) is 14.4 Å². The van der Waals surface area contributed by atoms with E-state index in [-0.39, 0.29) is 6.61 Å². The first-order valence-electron chi connectivity index (χ1n) is 5.10. The van der Waals surface area contributed by atoms with Crippen molar-refractivity contribution < 1.29 is 38.4 Å². The van der Waals surface area contributed by atoms with Gasteiger partial charge in [-0.15, -0.1) is 0 Å². The van der Waals surface area contributed by atoms with Crippen LogP contribution in [0.3, 0.4) is 0 Å². The van der Waals surface area contributed by atoms with Crippen LogP contribution in [0.5, 0.6) is 0 Å². The highest BCUT2D eigenvalue weighted by atomic mass is 16.8. The molecule has 1 fully saturated rings. The van der Waals surface area contributed by atoms with Gasteiger partial charge in [-0.3, -0.25) is 0 Å². The molecule has 0 aromatic heterocycles. The van der Waals surface area contributed by atoms with E-state index < -0.39 is 35.9 Å². The molecule has 18 heavy (non-hydrogen) atoms. The Morgan fingerprint density at radius 2 is 1.94 bits per heavy atom. The summed E-state index contributed by atoms with van der Waals surface area (Å²) in [5.41, 5.74) is 0. The Morgan fingerprint density at radius 3 is 2.33 bits per heavy atom. The number of rotatable bonds is 3. The molecule has 1 N–H and O–H groups in total. The molecule has 1 rings (SSSR count). The summed E-state index contributed by atoms with van der Waals surface area (Å²) in [6.07, 6.45) is -2.61. The lowest BCUT2D eigenvalue weighted by molar-refractivity contribution is -0.187. The van der Waals surface area contributed by atoms with Gasteiger partial charge in [0.2, 0.25) is 6.10 Å². The second-order valence-corrected chi connectivity index (χ2v) is 4.02. The van der Waals surface area contributed by atoms with E-state index in [4.69, 9.17) is 14.6 Å². The van der Waals surface area contributed by atoms with Gasteiger partial charge in [0.15, 0.2) is 5.79 Å². The first-order chi connectivity index (χ1) is 8.26. The molecule has 0 amide bonds. The molecule has 0 aromatic rings. The molecule has 1 aliphatic rings. The fourth-order valence-corrected chi connectivity index (χ4v) is 1.40. The van der Waals surface area contributed by atoms with Crippen LogP contribution in [0.25, 0.3) is 0 Å². The fourth-order valence-electron chi connectivity index (χ4n) is 1.40. The second kappa shape index (κ2) is 5.32. The maximum atomic E-state index is 11.2. The van der Waals surface area contributed by atoms with Crippen molar-refractivity contribution in [2.24, 2.45) is 0 Å². The number of carboxylic acids is 1. The summed E-state index contributed by atoms with van der Waals surface area (Å²) in [4.78, 5) is 33.0. The largest absolute Gasteiger partial charge is 0.478 e. The Balaban J connectivity index is 2.70. The predicted octanol–water partition coefficient (Wildman–Crippen LogP) is -0.693. The molecule has 2 unspecified atom stereocenters. The van der Waals surface area contributed by atoms with Crippen molar-refractivity contribution in [3.8, 4) is 0 Å². The summed E-state index contributed by atoms with van der Waals surface area (Å²) in [7, 11) is 0.984. The van der Waals surface area contributed by atoms with E-state index in [1.54, 1.807) is 13.8 Å². The lowest BCUT2D eigenvalue weighted by atomic mass is 10.2. The van der Waals surface area contributed by atoms with Crippen LogP contribution >= 0.6 is 0 Å². The first-order valence-corrected chi connectivity index (χ1v) is 5.10. The van der Waals surface area contributed by atoms with E-state index in [1.807, 2.05) is 0 Å². The van der Waals surface area contributed by atoms with E-state index in [0.717, 1.165) is 7.11 Å². The molecule has 1 aliphatic heterocycles. The Morgan fingerprint density at radius 1 is 1.33 bits per heavy atom. The molecule has 1 saturated heterocycles. The lowest BCUT2D eigenvalue weighted by Gasteiger charge is -2.20. The van der Waals surface area contributed by atoms with Crippen molar-refractivity contribution in [3.05, 3.63) is 0 Å². The molecule has 0 bridgehead atoms. The molecule has 8 heteroatoms. The average molecular weight is 262 g/mol. The van der Waals surface area contributed by atoms with Crippen molar-refractivity contribution in [2.75, 3.05) is 13.7 Å². The van der Waals surface area contributed by atoms with Gasteiger partial charge in [-0.1, -0.05) is 0 Å². The van der Waals surface area contributed by atoms with Gasteiger partial charge >= 0.3 is 17.9 Å². The minimum atomic E-state index is -1.63. The van der Waals surface area contributed by atoms with Crippen LogP contribution in [0.2, 0.25) is 0 Å². The van der Waals surface area contributed by atoms with Crippen LogP contribution < -0.4 is 0 Å². The zero-order chi connectivity index (χ0) is 13.9. The molecule has 2 atom stereocenters. The first kappa shape index (κ1) is 14.4. The summed E-state index contributed by atoms with van der Waals surface area (Å²) in [6, 6.07) is 0. The third-order valence-corrected chi connectivity index (χ3v) is 2.20. The summed E-state index contributed by atoms with van der Waals surface area (Å²) in [6.45, 7) is 3.13. The van der Waals surface area contributed by atoms with Crippen molar-refractivity contribution >= 4 is 17.9 Å². The number of hydrogen-bond donors (Lipinski definition) is 1. The number of carbonyl (C=O) groups is 3. The smallest absolute Gasteiger partial charge is 0.418 e. The lowest BCUT2D eigenvalue weighted by Crippen LogP contribution is -2.42. The number of methoxy groups -OCH3 is 1. The Kier molecular flexibility index (Phi) is 4.25. The molecule has 0 aromatic carbocycles. The van der Waals surface area contributed by atoms with E-state index >= 15 is 0 Å². The van der Waals surface area contributed by atoms with Gasteiger partial charge in [0.1, 0.15) is 6.10 Å². The normalized spacial score (nSPS) is 23.2. The quantitative estimate of drug-likeness (QED) is 0.525. The summed E-state index contributed by atoms with van der Waals surface area (Å²) in [5.74, 6) is -5.06. The Hall–Kier alpha value is -1.67. The zero-order valence-corrected chi connectivity index (χ0v) is 10.2. The molecule has 0 radical (unpaired) electrons. The van der Waals surface area contributed by atoms with Gasteiger partial charge in [0.25, 0.3) is 0 Å². The van der Waals surface area contributed by atoms with E-state index in [0.29, 0.717) is 0 Å². The predicted molar refractivity (Wildman–Crippen MR) is 54.4 cm³/mol. The highest BCUT2D eigenvalue weighted by Gasteiger charge is 2.43. The minimum absolute atomic E-state index is 0.0571. The summed E-state index contributed by atoms with van der Waals surface area (Å²) in [5, 5.41) is 8.94. The van der Waals surface area contributed by atoms with Crippen LogP contribution in [-0.2, 0) is 33.3 Å². The molecule has 0 aliphatic carbocycles. The molecular weight excluding hydrogens is 248 g/mol. The molecule has 0 saturated carbocycles. The SMILES string of the molecule is COC(=O)C(=O)OC(C(=O)O)C1COC(C)(C)O1. The molecule has 8 nitrogen and oxygen atoms in total. The van der Waals surface area contributed by atoms with Gasteiger partial charge in [0, 0.05) is 0 Å². The molecule has 0 spiro atoms. The Labute approximate surface area is 103 Å². The summed E-state index contributed by atoms with van der Waals surface area (Å²) < 4.78 is 19.1. The standard InChI is InChI=1S/C10H14O8/c1-10(2)16-4-5(18-10)6(7(11)12)17-9(14)8(13)15-3/h5-6H,4H2,1-3H3,(H,11,12). The van der Waals surface area contributed by atoms with Crippen molar-refractivity contribution in [3.63, 3.8) is 0 Å².